The van der Waals surface area contributed by atoms with E-state index in [2.05, 4.69) is 16.1 Å². The zero-order chi connectivity index (χ0) is 10.7. The first-order valence-corrected chi connectivity index (χ1v) is 4.54. The molecule has 74 valence electrons. The van der Waals surface area contributed by atoms with E-state index in [0.29, 0.717) is 18.5 Å². The first kappa shape index (κ1) is 9.38. The maximum Gasteiger partial charge on any atom is 0.123 e. The highest BCUT2D eigenvalue weighted by atomic mass is 16.5. The highest BCUT2D eigenvalue weighted by Gasteiger charge is 2.22. The Morgan fingerprint density at radius 1 is 1.67 bits per heavy atom. The standard InChI is InChI=1S/C10H8N4O/c11-5-7-1-2-10-8(3-7)4-9(15-10)6-13-14-12/h1-3,9H,4,6H2. The van der Waals surface area contributed by atoms with Crippen LogP contribution in [0.25, 0.3) is 10.4 Å². The molecule has 5 nitrogen and oxygen atoms in total. The molecule has 0 N–H and O–H groups in total. The molecule has 0 saturated heterocycles. The van der Waals surface area contributed by atoms with Crippen molar-refractivity contribution in [1.29, 1.82) is 5.26 Å². The van der Waals surface area contributed by atoms with Gasteiger partial charge in [-0.2, -0.15) is 5.26 Å². The van der Waals surface area contributed by atoms with E-state index in [9.17, 15) is 0 Å². The first-order valence-electron chi connectivity index (χ1n) is 4.54. The van der Waals surface area contributed by atoms with Crippen molar-refractivity contribution in [3.8, 4) is 11.8 Å². The maximum absolute atomic E-state index is 8.72. The lowest BCUT2D eigenvalue weighted by molar-refractivity contribution is 0.241. The second-order valence-electron chi connectivity index (χ2n) is 3.29. The second kappa shape index (κ2) is 3.91. The van der Waals surface area contributed by atoms with E-state index in [1.807, 2.05) is 6.07 Å². The molecular weight excluding hydrogens is 192 g/mol. The summed E-state index contributed by atoms with van der Waals surface area (Å²) in [5, 5.41) is 12.2. The van der Waals surface area contributed by atoms with Crippen molar-refractivity contribution in [3.05, 3.63) is 39.8 Å². The van der Waals surface area contributed by atoms with E-state index in [0.717, 1.165) is 11.3 Å². The van der Waals surface area contributed by atoms with Gasteiger partial charge in [0.05, 0.1) is 18.2 Å². The number of fused-ring (bicyclic) bond motifs is 1. The predicted molar refractivity (Wildman–Crippen MR) is 53.3 cm³/mol. The van der Waals surface area contributed by atoms with E-state index in [1.54, 1.807) is 12.1 Å². The summed E-state index contributed by atoms with van der Waals surface area (Å²) in [7, 11) is 0. The lowest BCUT2D eigenvalue weighted by Crippen LogP contribution is -2.16. The van der Waals surface area contributed by atoms with Gasteiger partial charge < -0.3 is 4.74 Å². The Bertz CT molecular complexity index is 471. The largest absolute Gasteiger partial charge is 0.490 e. The van der Waals surface area contributed by atoms with Crippen molar-refractivity contribution in [2.24, 2.45) is 5.11 Å². The van der Waals surface area contributed by atoms with Crippen LogP contribution < -0.4 is 4.74 Å². The summed E-state index contributed by atoms with van der Waals surface area (Å²) in [6, 6.07) is 7.39. The molecule has 0 aliphatic carbocycles. The van der Waals surface area contributed by atoms with Gasteiger partial charge in [0.25, 0.3) is 0 Å². The molecule has 0 aromatic heterocycles. The molecule has 0 radical (unpaired) electrons. The molecule has 1 unspecified atom stereocenters. The quantitative estimate of drug-likeness (QED) is 0.416. The van der Waals surface area contributed by atoms with Crippen LogP contribution in [-0.4, -0.2) is 12.6 Å². The number of nitriles is 1. The summed E-state index contributed by atoms with van der Waals surface area (Å²) in [6.07, 6.45) is 0.606. The van der Waals surface area contributed by atoms with Gasteiger partial charge in [0.2, 0.25) is 0 Å². The van der Waals surface area contributed by atoms with Gasteiger partial charge in [-0.15, -0.1) is 0 Å². The molecule has 2 rings (SSSR count). The Balaban J connectivity index is 2.17. The van der Waals surface area contributed by atoms with Crippen LogP contribution >= 0.6 is 0 Å². The third-order valence-corrected chi connectivity index (χ3v) is 2.28. The molecule has 1 aromatic carbocycles. The summed E-state index contributed by atoms with van der Waals surface area (Å²) < 4.78 is 5.53. The Labute approximate surface area is 86.5 Å². The van der Waals surface area contributed by atoms with Crippen molar-refractivity contribution < 1.29 is 4.74 Å². The van der Waals surface area contributed by atoms with E-state index < -0.39 is 0 Å². The molecule has 0 spiro atoms. The maximum atomic E-state index is 8.72. The van der Waals surface area contributed by atoms with Gasteiger partial charge >= 0.3 is 0 Å². The topological polar surface area (TPSA) is 81.8 Å². The summed E-state index contributed by atoms with van der Waals surface area (Å²) in [5.74, 6) is 0.784. The van der Waals surface area contributed by atoms with Crippen molar-refractivity contribution >= 4 is 0 Å². The Hall–Kier alpha value is -2.18. The smallest absolute Gasteiger partial charge is 0.123 e. The molecule has 0 amide bonds. The van der Waals surface area contributed by atoms with E-state index in [-0.39, 0.29) is 6.10 Å². The van der Waals surface area contributed by atoms with E-state index in [4.69, 9.17) is 15.5 Å². The van der Waals surface area contributed by atoms with Gasteiger partial charge in [0.15, 0.2) is 0 Å². The molecule has 1 aliphatic rings. The molecule has 0 fully saturated rings. The van der Waals surface area contributed by atoms with Gasteiger partial charge in [-0.1, -0.05) is 5.11 Å². The SMILES string of the molecule is N#Cc1ccc2c(c1)CC(CN=[N+]=[N-])O2. The highest BCUT2D eigenvalue weighted by Crippen LogP contribution is 2.29. The third-order valence-electron chi connectivity index (χ3n) is 2.28. The molecule has 15 heavy (non-hydrogen) atoms. The minimum atomic E-state index is -0.0927. The number of nitrogens with zero attached hydrogens (tertiary/aromatic N) is 4. The number of azide groups is 1. The summed E-state index contributed by atoms with van der Waals surface area (Å²) in [5.41, 5.74) is 9.82. The zero-order valence-corrected chi connectivity index (χ0v) is 7.92. The average Bonchev–Trinajstić information content (AvgIpc) is 2.67. The molecule has 0 saturated carbocycles. The summed E-state index contributed by atoms with van der Waals surface area (Å²) in [4.78, 5) is 2.69. The van der Waals surface area contributed by atoms with Crippen LogP contribution in [-0.2, 0) is 6.42 Å². The lowest BCUT2D eigenvalue weighted by Gasteiger charge is -2.05. The molecule has 1 heterocycles. The van der Waals surface area contributed by atoms with Crippen molar-refractivity contribution in [1.82, 2.24) is 0 Å². The van der Waals surface area contributed by atoms with Crippen molar-refractivity contribution in [2.75, 3.05) is 6.54 Å². The van der Waals surface area contributed by atoms with Crippen molar-refractivity contribution in [3.63, 3.8) is 0 Å². The average molecular weight is 200 g/mol. The van der Waals surface area contributed by atoms with Crippen LogP contribution in [0.5, 0.6) is 5.75 Å². The van der Waals surface area contributed by atoms with E-state index in [1.165, 1.54) is 0 Å². The zero-order valence-electron chi connectivity index (χ0n) is 7.92. The molecule has 1 atom stereocenters. The molecule has 1 aliphatic heterocycles. The summed E-state index contributed by atoms with van der Waals surface area (Å²) in [6.45, 7) is 0.326. The molecule has 1 aromatic rings. The van der Waals surface area contributed by atoms with Crippen LogP contribution in [0.15, 0.2) is 23.3 Å². The van der Waals surface area contributed by atoms with Gasteiger partial charge in [0.1, 0.15) is 11.9 Å². The summed E-state index contributed by atoms with van der Waals surface area (Å²) >= 11 is 0. The van der Waals surface area contributed by atoms with Crippen LogP contribution in [0.4, 0.5) is 0 Å². The monoisotopic (exact) mass is 200 g/mol. The number of hydrogen-bond acceptors (Lipinski definition) is 3. The normalized spacial score (nSPS) is 17.1. The fourth-order valence-electron chi connectivity index (χ4n) is 1.62. The van der Waals surface area contributed by atoms with Crippen LogP contribution in [0.3, 0.4) is 0 Å². The Kier molecular flexibility index (Phi) is 2.44. The number of rotatable bonds is 2. The minimum Gasteiger partial charge on any atom is -0.490 e. The minimum absolute atomic E-state index is 0.0927. The fraction of sp³-hybridized carbons (Fsp3) is 0.300. The van der Waals surface area contributed by atoms with Crippen LogP contribution in [0.1, 0.15) is 11.1 Å². The number of hydrogen-bond donors (Lipinski definition) is 0. The molecule has 0 bridgehead atoms. The Morgan fingerprint density at radius 2 is 2.53 bits per heavy atom. The van der Waals surface area contributed by atoms with Gasteiger partial charge in [-0.05, 0) is 29.3 Å². The predicted octanol–water partition coefficient (Wildman–Crippen LogP) is 2.17. The van der Waals surface area contributed by atoms with Crippen LogP contribution in [0.2, 0.25) is 0 Å². The molecular formula is C10H8N4O. The molecule has 5 heteroatoms. The Morgan fingerprint density at radius 3 is 3.27 bits per heavy atom. The second-order valence-corrected chi connectivity index (χ2v) is 3.29. The van der Waals surface area contributed by atoms with Crippen molar-refractivity contribution in [2.45, 2.75) is 12.5 Å². The fourth-order valence-corrected chi connectivity index (χ4v) is 1.62. The highest BCUT2D eigenvalue weighted by molar-refractivity contribution is 5.44. The first-order chi connectivity index (χ1) is 7.33. The number of ether oxygens (including phenoxy) is 1. The third kappa shape index (κ3) is 1.85. The van der Waals surface area contributed by atoms with Gasteiger partial charge in [0, 0.05) is 11.3 Å². The van der Waals surface area contributed by atoms with E-state index >= 15 is 0 Å². The lowest BCUT2D eigenvalue weighted by atomic mass is 10.1. The van der Waals surface area contributed by atoms with Gasteiger partial charge in [-0.25, -0.2) is 0 Å². The number of benzene rings is 1. The van der Waals surface area contributed by atoms with Gasteiger partial charge in [-0.3, -0.25) is 0 Å². The van der Waals surface area contributed by atoms with Crippen LogP contribution in [0, 0.1) is 11.3 Å².